The summed E-state index contributed by atoms with van der Waals surface area (Å²) >= 11 is 0. The van der Waals surface area contributed by atoms with E-state index in [0.717, 1.165) is 10.5 Å². The zero-order valence-electron chi connectivity index (χ0n) is 42.9. The fourth-order valence-corrected chi connectivity index (χ4v) is 8.26. The molecular formula is C45H78BN15O13Pb. The fraction of sp³-hybridized carbons (Fsp3) is 0.644. The van der Waals surface area contributed by atoms with Gasteiger partial charge in [0.15, 0.2) is 5.96 Å². The predicted octanol–water partition coefficient (Wildman–Crippen LogP) is -7.05. The molecule has 418 valence electrons. The van der Waals surface area contributed by atoms with Crippen molar-refractivity contribution in [2.24, 2.45) is 33.7 Å². The Morgan fingerprint density at radius 3 is 1.79 bits per heavy atom. The second-order valence-electron chi connectivity index (χ2n) is 18.1. The summed E-state index contributed by atoms with van der Waals surface area (Å²) in [4.78, 5) is 123. The Labute approximate surface area is 457 Å². The number of carbonyl (C=O) groups is 9. The Hall–Kier alpha value is -5.57. The van der Waals surface area contributed by atoms with Crippen molar-refractivity contribution in [3.63, 3.8) is 0 Å². The zero-order chi connectivity index (χ0) is 55.2. The van der Waals surface area contributed by atoms with Gasteiger partial charge in [-0.15, -0.1) is 0 Å². The molecule has 0 spiro atoms. The number of carboxylic acid groups (broad SMARTS) is 1. The third kappa shape index (κ3) is 28.8. The van der Waals surface area contributed by atoms with Gasteiger partial charge in [-0.1, -0.05) is 12.1 Å². The van der Waals surface area contributed by atoms with Crippen LogP contribution < -0.4 is 44.6 Å². The van der Waals surface area contributed by atoms with E-state index >= 15 is 0 Å². The summed E-state index contributed by atoms with van der Waals surface area (Å²) in [5.74, 6) is -4.48. The van der Waals surface area contributed by atoms with E-state index in [1.165, 1.54) is 0 Å². The molecule has 0 bridgehead atoms. The Bertz CT molecular complexity index is 1980. The molecule has 28 nitrogen and oxygen atoms in total. The number of nitrogens with zero attached hydrogens (tertiary/aromatic N) is 7. The van der Waals surface area contributed by atoms with Crippen LogP contribution in [0.15, 0.2) is 29.3 Å². The first-order valence-corrected chi connectivity index (χ1v) is 24.5. The maximum Gasteiger partial charge on any atom is 0.475 e. The van der Waals surface area contributed by atoms with Gasteiger partial charge in [0, 0.05) is 131 Å². The van der Waals surface area contributed by atoms with Crippen LogP contribution in [0.4, 0.5) is 0 Å². The number of aliphatic imine (C=N–C) groups is 1. The minimum atomic E-state index is -1.82. The number of hydrogen-bond donors (Lipinski definition) is 12. The van der Waals surface area contributed by atoms with Gasteiger partial charge in [-0.3, -0.25) is 62.8 Å². The number of likely N-dealkylation sites (tertiary alicyclic amines) is 1. The standard InChI is InChI=1S/C44H76BN15O11.CH2O2.Pb/c1-55(26-31-9-11-32(12-10-31)42(68)53-25-41(67)60-27-33(61)24-35(60)45(70)71)40(66)8-2-3-13-51-43(69)34(6-4-14-52-44(49)50)54-39(65)7-5-15-56-16-18-57(28-36(46)62)20-22-59(30-38(48)64)23-21-58(19-17-56)29-37(47)63;2-1-3;/h9-12,33-35,61,70-71H,2-8,13-30H2,1H3,(H2,46,62)(H2,47,63)(H2,48,64)(H,51,69)(H,53,68)(H,54,65)(H4,49,50,52);1H,(H,2,3);/t33?,34-,35?;;/m0../s1. The summed E-state index contributed by atoms with van der Waals surface area (Å²) < 4.78 is 0. The van der Waals surface area contributed by atoms with Crippen LogP contribution in [0.25, 0.3) is 0 Å². The first-order valence-electron chi connectivity index (χ1n) is 24.5. The van der Waals surface area contributed by atoms with Crippen molar-refractivity contribution in [3.05, 3.63) is 35.4 Å². The van der Waals surface area contributed by atoms with Gasteiger partial charge in [-0.25, -0.2) is 0 Å². The molecule has 8 amide bonds. The number of aliphatic hydroxyl groups is 1. The Morgan fingerprint density at radius 2 is 1.29 bits per heavy atom. The smallest absolute Gasteiger partial charge is 0.475 e. The van der Waals surface area contributed by atoms with Gasteiger partial charge in [-0.05, 0) is 62.8 Å². The predicted molar refractivity (Wildman–Crippen MR) is 277 cm³/mol. The number of benzene rings is 1. The fourth-order valence-electron chi connectivity index (χ4n) is 8.26. The first kappa shape index (κ1) is 67.4. The molecule has 0 aliphatic carbocycles. The van der Waals surface area contributed by atoms with E-state index in [-0.39, 0.29) is 129 Å². The molecule has 3 atom stereocenters. The Balaban J connectivity index is 0.00000685. The molecule has 2 heterocycles. The van der Waals surface area contributed by atoms with Crippen molar-refractivity contribution in [3.8, 4) is 0 Å². The third-order valence-electron chi connectivity index (χ3n) is 12.1. The third-order valence-corrected chi connectivity index (χ3v) is 12.1. The summed E-state index contributed by atoms with van der Waals surface area (Å²) in [6, 6.07) is 5.63. The molecule has 2 aliphatic rings. The number of rotatable bonds is 27. The molecule has 0 aromatic heterocycles. The number of hydrogen-bond acceptors (Lipinski definition) is 17. The number of aliphatic hydroxyl groups excluding tert-OH is 1. The van der Waals surface area contributed by atoms with Crippen molar-refractivity contribution in [1.29, 1.82) is 0 Å². The molecule has 2 unspecified atom stereocenters. The molecule has 30 heteroatoms. The molecule has 1 aromatic rings. The average molecular weight is 1260 g/mol. The molecule has 4 radical (unpaired) electrons. The number of amides is 8. The van der Waals surface area contributed by atoms with Crippen molar-refractivity contribution in [2.45, 2.75) is 76.0 Å². The summed E-state index contributed by atoms with van der Waals surface area (Å²) in [5.41, 5.74) is 28.5. The maximum absolute atomic E-state index is 13.4. The second-order valence-corrected chi connectivity index (χ2v) is 18.1. The molecule has 75 heavy (non-hydrogen) atoms. The maximum atomic E-state index is 13.4. The van der Waals surface area contributed by atoms with Gasteiger partial charge >= 0.3 is 7.12 Å². The number of β-amino-alcohol motifs (C(OH)–C–C–N with tert-alkyl or cyclic N) is 1. The van der Waals surface area contributed by atoms with Gasteiger partial charge < -0.3 is 79.6 Å². The van der Waals surface area contributed by atoms with Gasteiger partial charge in [0.25, 0.3) is 12.4 Å². The van der Waals surface area contributed by atoms with E-state index in [1.54, 1.807) is 36.2 Å². The van der Waals surface area contributed by atoms with Crippen molar-refractivity contribution in [2.75, 3.05) is 112 Å². The molecule has 0 saturated carbocycles. The van der Waals surface area contributed by atoms with Crippen molar-refractivity contribution < 1.29 is 63.4 Å². The van der Waals surface area contributed by atoms with Crippen LogP contribution in [0.5, 0.6) is 0 Å². The van der Waals surface area contributed by atoms with Crippen LogP contribution in [0.1, 0.15) is 67.3 Å². The molecule has 3 rings (SSSR count). The van der Waals surface area contributed by atoms with Gasteiger partial charge in [0.1, 0.15) is 6.04 Å². The average Bonchev–Trinajstić information content (AvgIpc) is 3.73. The van der Waals surface area contributed by atoms with E-state index in [2.05, 4.69) is 25.8 Å². The zero-order valence-corrected chi connectivity index (χ0v) is 46.7. The van der Waals surface area contributed by atoms with Crippen LogP contribution in [-0.4, -0.2) is 274 Å². The molecule has 2 fully saturated rings. The van der Waals surface area contributed by atoms with Crippen LogP contribution in [0.3, 0.4) is 0 Å². The van der Waals surface area contributed by atoms with Gasteiger partial charge in [0.2, 0.25) is 41.4 Å². The van der Waals surface area contributed by atoms with Crippen molar-refractivity contribution >= 4 is 94.1 Å². The van der Waals surface area contributed by atoms with Crippen LogP contribution in [0, 0.1) is 0 Å². The summed E-state index contributed by atoms with van der Waals surface area (Å²) in [7, 11) is -0.163. The van der Waals surface area contributed by atoms with E-state index in [1.807, 2.05) is 14.7 Å². The number of unbranched alkanes of at least 4 members (excludes halogenated alkanes) is 1. The minimum absolute atomic E-state index is 0. The van der Waals surface area contributed by atoms with Gasteiger partial charge in [0.05, 0.1) is 38.2 Å². The topological polar surface area (TPSA) is 433 Å². The van der Waals surface area contributed by atoms with Crippen LogP contribution in [-0.2, 0) is 44.9 Å². The van der Waals surface area contributed by atoms with E-state index in [0.29, 0.717) is 84.6 Å². The quantitative estimate of drug-likeness (QED) is 0.0128. The van der Waals surface area contributed by atoms with E-state index in [9.17, 15) is 53.5 Å². The summed E-state index contributed by atoms with van der Waals surface area (Å²) in [6.07, 6.45) is 1.52. The largest absolute Gasteiger partial charge is 0.483 e. The van der Waals surface area contributed by atoms with Gasteiger partial charge in [-0.2, -0.15) is 0 Å². The molecular weight excluding hydrogens is 1180 g/mol. The molecule has 2 saturated heterocycles. The Morgan fingerprint density at radius 1 is 0.773 bits per heavy atom. The number of carbonyl (C=O) groups excluding carboxylic acids is 8. The normalized spacial score (nSPS) is 17.2. The number of nitrogens with two attached hydrogens (primary N) is 5. The second kappa shape index (κ2) is 37.2. The van der Waals surface area contributed by atoms with Crippen LogP contribution in [0.2, 0.25) is 0 Å². The number of guanidine groups is 1. The Kier molecular flexibility index (Phi) is 33.5. The molecule has 2 aliphatic heterocycles. The molecule has 1 aromatic carbocycles. The number of nitrogens with one attached hydrogen (secondary N) is 3. The summed E-state index contributed by atoms with van der Waals surface area (Å²) in [6.45, 7) is 4.35. The summed E-state index contributed by atoms with van der Waals surface area (Å²) in [5, 5.41) is 44.0. The van der Waals surface area contributed by atoms with E-state index in [4.69, 9.17) is 38.6 Å². The SMILES string of the molecule is CN(Cc1ccc(C(=O)NCC(=O)N2CC(O)CC2B(O)O)cc1)C(=O)CCCCNC(=O)[C@H](CCCN=C(N)N)NC(=O)CCCN1CCN(CC(N)=O)CCN(CC(N)=O)CCN(CC(N)=O)CC1.O=CO.[Pb]. The first-order chi connectivity index (χ1) is 35.1. The van der Waals surface area contributed by atoms with E-state index < -0.39 is 67.2 Å². The van der Waals surface area contributed by atoms with Crippen molar-refractivity contribution in [1.82, 2.24) is 45.3 Å². The minimum Gasteiger partial charge on any atom is -0.483 e. The molecule has 17 N–H and O–H groups in total. The number of primary amides is 3. The monoisotopic (exact) mass is 1260 g/mol. The van der Waals surface area contributed by atoms with Crippen LogP contribution >= 0.6 is 0 Å².